The smallest absolute Gasteiger partial charge is 0.327 e. The largest absolute Gasteiger partial charge is 0.480 e. The van der Waals surface area contributed by atoms with E-state index in [0.29, 0.717) is 0 Å². The van der Waals surface area contributed by atoms with Crippen LogP contribution in [-0.2, 0) is 9.59 Å². The predicted molar refractivity (Wildman–Crippen MR) is 68.5 cm³/mol. The topological polar surface area (TPSA) is 66.4 Å². The van der Waals surface area contributed by atoms with Crippen molar-refractivity contribution in [2.75, 3.05) is 0 Å². The van der Waals surface area contributed by atoms with E-state index < -0.39 is 23.7 Å². The zero-order valence-electron chi connectivity index (χ0n) is 9.97. The van der Waals surface area contributed by atoms with Gasteiger partial charge < -0.3 is 10.4 Å². The number of hydrogen-bond acceptors (Lipinski definition) is 2. The van der Waals surface area contributed by atoms with Gasteiger partial charge in [0.1, 0.15) is 11.9 Å². The standard InChI is InChI=1S/C14H12FNO3/c1-2-5-12(14(18)19)16-13(17)9-8-10-6-3-4-7-11(10)15/h1,3-4,6-9,12H,5H2,(H,16,17)(H,18,19)/b9-8+. The first-order valence-electron chi connectivity index (χ1n) is 5.44. The van der Waals surface area contributed by atoms with Gasteiger partial charge in [-0.3, -0.25) is 4.79 Å². The first kappa shape index (κ1) is 14.5. The van der Waals surface area contributed by atoms with Crippen LogP contribution in [-0.4, -0.2) is 23.0 Å². The Morgan fingerprint density at radius 3 is 2.74 bits per heavy atom. The first-order chi connectivity index (χ1) is 9.04. The highest BCUT2D eigenvalue weighted by atomic mass is 19.1. The van der Waals surface area contributed by atoms with E-state index in [-0.39, 0.29) is 12.0 Å². The molecule has 1 rings (SSSR count). The van der Waals surface area contributed by atoms with Crippen molar-refractivity contribution >= 4 is 18.0 Å². The molecule has 0 spiro atoms. The summed E-state index contributed by atoms with van der Waals surface area (Å²) >= 11 is 0. The third-order valence-electron chi connectivity index (χ3n) is 2.26. The zero-order chi connectivity index (χ0) is 14.3. The molecule has 0 bridgehead atoms. The number of hydrogen-bond donors (Lipinski definition) is 2. The lowest BCUT2D eigenvalue weighted by atomic mass is 10.2. The molecular weight excluding hydrogens is 249 g/mol. The van der Waals surface area contributed by atoms with Gasteiger partial charge in [-0.25, -0.2) is 9.18 Å². The Morgan fingerprint density at radius 2 is 2.16 bits per heavy atom. The van der Waals surface area contributed by atoms with Crippen LogP contribution in [0.1, 0.15) is 12.0 Å². The van der Waals surface area contributed by atoms with Crippen LogP contribution in [0.5, 0.6) is 0 Å². The lowest BCUT2D eigenvalue weighted by Crippen LogP contribution is -2.39. The van der Waals surface area contributed by atoms with Gasteiger partial charge in [-0.15, -0.1) is 12.3 Å². The Kier molecular flexibility index (Phi) is 5.30. The van der Waals surface area contributed by atoms with Crippen LogP contribution in [0.15, 0.2) is 30.3 Å². The van der Waals surface area contributed by atoms with Crippen LogP contribution in [0, 0.1) is 18.2 Å². The maximum absolute atomic E-state index is 13.2. The number of rotatable bonds is 5. The number of benzene rings is 1. The van der Waals surface area contributed by atoms with Crippen molar-refractivity contribution in [2.24, 2.45) is 0 Å². The SMILES string of the molecule is C#CCC(NC(=O)/C=C/c1ccccc1F)C(=O)O. The first-order valence-corrected chi connectivity index (χ1v) is 5.44. The maximum Gasteiger partial charge on any atom is 0.327 e. The van der Waals surface area contributed by atoms with Gasteiger partial charge in [-0.2, -0.15) is 0 Å². The van der Waals surface area contributed by atoms with Crippen molar-refractivity contribution < 1.29 is 19.1 Å². The van der Waals surface area contributed by atoms with E-state index in [1.54, 1.807) is 6.07 Å². The van der Waals surface area contributed by atoms with Crippen LogP contribution in [0.3, 0.4) is 0 Å². The molecule has 5 heteroatoms. The fourth-order valence-corrected chi connectivity index (χ4v) is 1.31. The van der Waals surface area contributed by atoms with Crippen molar-refractivity contribution in [3.63, 3.8) is 0 Å². The lowest BCUT2D eigenvalue weighted by molar-refractivity contribution is -0.141. The summed E-state index contributed by atoms with van der Waals surface area (Å²) < 4.78 is 13.2. The number of carboxylic acid groups (broad SMARTS) is 1. The van der Waals surface area contributed by atoms with E-state index in [1.807, 2.05) is 0 Å². The van der Waals surface area contributed by atoms with Gasteiger partial charge in [0.25, 0.3) is 0 Å². The molecule has 1 aromatic carbocycles. The molecule has 1 unspecified atom stereocenters. The number of carbonyl (C=O) groups excluding carboxylic acids is 1. The molecule has 0 aliphatic rings. The Balaban J connectivity index is 2.68. The molecule has 0 saturated heterocycles. The van der Waals surface area contributed by atoms with Crippen LogP contribution >= 0.6 is 0 Å². The van der Waals surface area contributed by atoms with E-state index in [9.17, 15) is 14.0 Å². The molecule has 0 aromatic heterocycles. The molecule has 0 radical (unpaired) electrons. The summed E-state index contributed by atoms with van der Waals surface area (Å²) in [6.45, 7) is 0. The molecular formula is C14H12FNO3. The summed E-state index contributed by atoms with van der Waals surface area (Å²) in [5.74, 6) is -0.174. The Hall–Kier alpha value is -2.61. The molecule has 2 N–H and O–H groups in total. The van der Waals surface area contributed by atoms with Crippen molar-refractivity contribution in [1.29, 1.82) is 0 Å². The molecule has 4 nitrogen and oxygen atoms in total. The molecule has 0 saturated carbocycles. The minimum absolute atomic E-state index is 0.116. The zero-order valence-corrected chi connectivity index (χ0v) is 9.97. The lowest BCUT2D eigenvalue weighted by Gasteiger charge is -2.09. The average molecular weight is 261 g/mol. The number of carbonyl (C=O) groups is 2. The monoisotopic (exact) mass is 261 g/mol. The van der Waals surface area contributed by atoms with Crippen LogP contribution in [0.4, 0.5) is 4.39 Å². The summed E-state index contributed by atoms with van der Waals surface area (Å²) in [4.78, 5) is 22.2. The van der Waals surface area contributed by atoms with Gasteiger partial charge in [-0.05, 0) is 12.1 Å². The number of carboxylic acids is 1. The second kappa shape index (κ2) is 6.97. The van der Waals surface area contributed by atoms with Gasteiger partial charge in [0.2, 0.25) is 5.91 Å². The second-order valence-electron chi connectivity index (χ2n) is 3.66. The molecule has 0 fully saturated rings. The van der Waals surface area contributed by atoms with E-state index in [1.165, 1.54) is 24.3 Å². The van der Waals surface area contributed by atoms with E-state index >= 15 is 0 Å². The molecule has 1 aromatic rings. The Labute approximate surface area is 109 Å². The molecule has 0 aliphatic carbocycles. The highest BCUT2D eigenvalue weighted by Gasteiger charge is 2.17. The summed E-state index contributed by atoms with van der Waals surface area (Å²) in [5, 5.41) is 11.0. The average Bonchev–Trinajstić information content (AvgIpc) is 2.37. The maximum atomic E-state index is 13.2. The van der Waals surface area contributed by atoms with Gasteiger partial charge in [0, 0.05) is 18.1 Å². The summed E-state index contributed by atoms with van der Waals surface area (Å²) in [6.07, 6.45) is 7.20. The molecule has 0 heterocycles. The van der Waals surface area contributed by atoms with Crippen molar-refractivity contribution in [1.82, 2.24) is 5.32 Å². The van der Waals surface area contributed by atoms with E-state index in [2.05, 4.69) is 11.2 Å². The number of nitrogens with one attached hydrogen (secondary N) is 1. The number of halogens is 1. The molecule has 19 heavy (non-hydrogen) atoms. The minimum atomic E-state index is -1.22. The third kappa shape index (κ3) is 4.64. The number of amides is 1. The Morgan fingerprint density at radius 1 is 1.47 bits per heavy atom. The normalized spacial score (nSPS) is 11.8. The summed E-state index contributed by atoms with van der Waals surface area (Å²) in [7, 11) is 0. The van der Waals surface area contributed by atoms with Crippen molar-refractivity contribution in [3.8, 4) is 12.3 Å². The highest BCUT2D eigenvalue weighted by molar-refractivity contribution is 5.94. The van der Waals surface area contributed by atoms with Gasteiger partial charge >= 0.3 is 5.97 Å². The van der Waals surface area contributed by atoms with Crippen LogP contribution < -0.4 is 5.32 Å². The summed E-state index contributed by atoms with van der Waals surface area (Å²) in [6, 6.07) is 4.76. The van der Waals surface area contributed by atoms with Crippen molar-refractivity contribution in [2.45, 2.75) is 12.5 Å². The molecule has 1 atom stereocenters. The second-order valence-corrected chi connectivity index (χ2v) is 3.66. The van der Waals surface area contributed by atoms with Gasteiger partial charge in [0.15, 0.2) is 0 Å². The highest BCUT2D eigenvalue weighted by Crippen LogP contribution is 2.07. The summed E-state index contributed by atoms with van der Waals surface area (Å²) in [5.41, 5.74) is 0.237. The van der Waals surface area contributed by atoms with Crippen molar-refractivity contribution in [3.05, 3.63) is 41.7 Å². The Bertz CT molecular complexity index is 546. The predicted octanol–water partition coefficient (Wildman–Crippen LogP) is 1.43. The molecule has 0 aliphatic heterocycles. The quantitative estimate of drug-likeness (QED) is 0.622. The van der Waals surface area contributed by atoms with E-state index in [0.717, 1.165) is 6.08 Å². The third-order valence-corrected chi connectivity index (χ3v) is 2.26. The van der Waals surface area contributed by atoms with Crippen LogP contribution in [0.25, 0.3) is 6.08 Å². The minimum Gasteiger partial charge on any atom is -0.480 e. The number of terminal acetylenes is 1. The van der Waals surface area contributed by atoms with E-state index in [4.69, 9.17) is 11.5 Å². The van der Waals surface area contributed by atoms with Crippen LogP contribution in [0.2, 0.25) is 0 Å². The molecule has 98 valence electrons. The van der Waals surface area contributed by atoms with Gasteiger partial charge in [-0.1, -0.05) is 18.2 Å². The fraction of sp³-hybridized carbons (Fsp3) is 0.143. The van der Waals surface area contributed by atoms with Gasteiger partial charge in [0.05, 0.1) is 0 Å². The number of aliphatic carboxylic acids is 1. The fourth-order valence-electron chi connectivity index (χ4n) is 1.31. The molecule has 1 amide bonds.